The van der Waals surface area contributed by atoms with Crippen LogP contribution >= 0.6 is 23.2 Å². The maximum absolute atomic E-state index is 13.1. The van der Waals surface area contributed by atoms with Crippen LogP contribution in [0.2, 0.25) is 10.0 Å². The summed E-state index contributed by atoms with van der Waals surface area (Å²) in [6.45, 7) is 6.44. The lowest BCUT2D eigenvalue weighted by molar-refractivity contribution is -0.140. The molecular formula is C22H26Cl2N2O2. The first-order chi connectivity index (χ1) is 13.3. The number of halogens is 2. The molecule has 1 N–H and O–H groups in total. The molecule has 0 bridgehead atoms. The molecule has 0 aromatic heterocycles. The van der Waals surface area contributed by atoms with Gasteiger partial charge in [-0.2, -0.15) is 0 Å². The summed E-state index contributed by atoms with van der Waals surface area (Å²) in [6.07, 6.45) is 1.03. The van der Waals surface area contributed by atoms with E-state index in [0.717, 1.165) is 17.5 Å². The number of nitrogens with zero attached hydrogens (tertiary/aromatic N) is 1. The molecule has 0 aliphatic heterocycles. The van der Waals surface area contributed by atoms with Crippen LogP contribution in [0.4, 0.5) is 0 Å². The molecule has 2 aromatic rings. The Balaban J connectivity index is 2.27. The fourth-order valence-corrected chi connectivity index (χ4v) is 3.33. The molecule has 1 atom stereocenters. The number of carbonyl (C=O) groups is 2. The first kappa shape index (κ1) is 22.3. The van der Waals surface area contributed by atoms with Crippen LogP contribution in [0, 0.1) is 6.92 Å². The van der Waals surface area contributed by atoms with Gasteiger partial charge in [0, 0.05) is 28.7 Å². The predicted octanol–water partition coefficient (Wildman–Crippen LogP) is 4.79. The second-order valence-electron chi connectivity index (χ2n) is 6.85. The fraction of sp³-hybridized carbons (Fsp3) is 0.364. The Morgan fingerprint density at radius 1 is 1.07 bits per heavy atom. The van der Waals surface area contributed by atoms with Gasteiger partial charge >= 0.3 is 0 Å². The van der Waals surface area contributed by atoms with Gasteiger partial charge in [0.15, 0.2) is 0 Å². The monoisotopic (exact) mass is 420 g/mol. The lowest BCUT2D eigenvalue weighted by Crippen LogP contribution is -2.48. The third-order valence-corrected chi connectivity index (χ3v) is 5.29. The predicted molar refractivity (Wildman–Crippen MR) is 115 cm³/mol. The van der Waals surface area contributed by atoms with Gasteiger partial charge in [0.05, 0.1) is 6.42 Å². The standard InChI is InChI=1S/C22H26Cl2N2O2/c1-4-12-25-22(28)16(3)26(14-18-19(23)6-5-7-20(18)24)21(27)13-17-10-8-15(2)9-11-17/h5-11,16H,4,12-14H2,1-3H3,(H,25,28)/t16-/m1/s1. The third kappa shape index (κ3) is 5.98. The Bertz CT molecular complexity index is 802. The second kappa shape index (κ2) is 10.5. The molecule has 4 nitrogen and oxygen atoms in total. The van der Waals surface area contributed by atoms with E-state index < -0.39 is 6.04 Å². The molecule has 0 fully saturated rings. The average Bonchev–Trinajstić information content (AvgIpc) is 2.67. The van der Waals surface area contributed by atoms with E-state index in [-0.39, 0.29) is 24.8 Å². The normalized spacial score (nSPS) is 11.8. The van der Waals surface area contributed by atoms with E-state index in [4.69, 9.17) is 23.2 Å². The molecule has 0 saturated heterocycles. The van der Waals surface area contributed by atoms with Crippen molar-refractivity contribution < 1.29 is 9.59 Å². The van der Waals surface area contributed by atoms with E-state index in [1.165, 1.54) is 4.90 Å². The molecule has 0 heterocycles. The minimum Gasteiger partial charge on any atom is -0.354 e. The molecule has 0 aliphatic carbocycles. The van der Waals surface area contributed by atoms with Crippen molar-refractivity contribution in [2.45, 2.75) is 46.2 Å². The average molecular weight is 421 g/mol. The van der Waals surface area contributed by atoms with Gasteiger partial charge in [0.2, 0.25) is 11.8 Å². The summed E-state index contributed by atoms with van der Waals surface area (Å²) >= 11 is 12.6. The van der Waals surface area contributed by atoms with Gasteiger partial charge in [0.1, 0.15) is 6.04 Å². The number of nitrogens with one attached hydrogen (secondary N) is 1. The number of amides is 2. The maximum atomic E-state index is 13.1. The Labute approximate surface area is 176 Å². The van der Waals surface area contributed by atoms with Gasteiger partial charge in [-0.05, 0) is 38.0 Å². The first-order valence-corrected chi connectivity index (χ1v) is 10.1. The summed E-state index contributed by atoms with van der Waals surface area (Å²) in [6, 6.07) is 12.4. The quantitative estimate of drug-likeness (QED) is 0.667. The van der Waals surface area contributed by atoms with E-state index in [0.29, 0.717) is 22.2 Å². The van der Waals surface area contributed by atoms with Crippen LogP contribution in [0.5, 0.6) is 0 Å². The number of hydrogen-bond donors (Lipinski definition) is 1. The van der Waals surface area contributed by atoms with Gasteiger partial charge in [-0.1, -0.05) is 66.0 Å². The second-order valence-corrected chi connectivity index (χ2v) is 7.67. The number of hydrogen-bond acceptors (Lipinski definition) is 2. The van der Waals surface area contributed by atoms with Crippen LogP contribution in [0.1, 0.15) is 37.0 Å². The summed E-state index contributed by atoms with van der Waals surface area (Å²) in [7, 11) is 0. The summed E-state index contributed by atoms with van der Waals surface area (Å²) < 4.78 is 0. The molecule has 2 amide bonds. The molecule has 0 spiro atoms. The smallest absolute Gasteiger partial charge is 0.242 e. The molecule has 2 aromatic carbocycles. The van der Waals surface area contributed by atoms with Gasteiger partial charge in [-0.25, -0.2) is 0 Å². The molecule has 28 heavy (non-hydrogen) atoms. The maximum Gasteiger partial charge on any atom is 0.242 e. The van der Waals surface area contributed by atoms with E-state index in [2.05, 4.69) is 5.32 Å². The Hall–Kier alpha value is -2.04. The van der Waals surface area contributed by atoms with Gasteiger partial charge in [-0.15, -0.1) is 0 Å². The third-order valence-electron chi connectivity index (χ3n) is 4.58. The molecule has 0 radical (unpaired) electrons. The minimum absolute atomic E-state index is 0.154. The largest absolute Gasteiger partial charge is 0.354 e. The zero-order valence-electron chi connectivity index (χ0n) is 16.5. The van der Waals surface area contributed by atoms with E-state index >= 15 is 0 Å². The highest BCUT2D eigenvalue weighted by molar-refractivity contribution is 6.36. The summed E-state index contributed by atoms with van der Waals surface area (Å²) in [5.74, 6) is -0.346. The van der Waals surface area contributed by atoms with Crippen LogP contribution in [0.15, 0.2) is 42.5 Å². The molecule has 0 aliphatic rings. The number of aryl methyl sites for hydroxylation is 1. The van der Waals surface area contributed by atoms with Crippen molar-refractivity contribution in [3.05, 3.63) is 69.2 Å². The summed E-state index contributed by atoms with van der Waals surface area (Å²) in [4.78, 5) is 27.2. The highest BCUT2D eigenvalue weighted by atomic mass is 35.5. The molecule has 0 unspecified atom stereocenters. The van der Waals surface area contributed by atoms with Crippen LogP contribution in [-0.2, 0) is 22.6 Å². The fourth-order valence-electron chi connectivity index (χ4n) is 2.81. The van der Waals surface area contributed by atoms with Crippen molar-refractivity contribution in [3.63, 3.8) is 0 Å². The topological polar surface area (TPSA) is 49.4 Å². The molecular weight excluding hydrogens is 395 g/mol. The Morgan fingerprint density at radius 2 is 1.68 bits per heavy atom. The number of carbonyl (C=O) groups excluding carboxylic acids is 2. The molecule has 2 rings (SSSR count). The van der Waals surface area contributed by atoms with E-state index in [1.807, 2.05) is 38.1 Å². The van der Waals surface area contributed by atoms with E-state index in [9.17, 15) is 9.59 Å². The number of benzene rings is 2. The molecule has 0 saturated carbocycles. The van der Waals surface area contributed by atoms with Gasteiger partial charge in [-0.3, -0.25) is 9.59 Å². The van der Waals surface area contributed by atoms with Crippen molar-refractivity contribution >= 4 is 35.0 Å². The lowest BCUT2D eigenvalue weighted by Gasteiger charge is -2.29. The zero-order valence-corrected chi connectivity index (χ0v) is 18.0. The molecule has 6 heteroatoms. The van der Waals surface area contributed by atoms with Crippen molar-refractivity contribution in [1.82, 2.24) is 10.2 Å². The Morgan fingerprint density at radius 3 is 2.25 bits per heavy atom. The number of rotatable bonds is 8. The zero-order chi connectivity index (χ0) is 20.7. The van der Waals surface area contributed by atoms with Crippen molar-refractivity contribution in [1.29, 1.82) is 0 Å². The van der Waals surface area contributed by atoms with Crippen molar-refractivity contribution in [2.24, 2.45) is 0 Å². The van der Waals surface area contributed by atoms with Crippen LogP contribution < -0.4 is 5.32 Å². The van der Waals surface area contributed by atoms with E-state index in [1.54, 1.807) is 25.1 Å². The van der Waals surface area contributed by atoms with Gasteiger partial charge < -0.3 is 10.2 Å². The minimum atomic E-state index is -0.642. The first-order valence-electron chi connectivity index (χ1n) is 9.39. The van der Waals surface area contributed by atoms with Gasteiger partial charge in [0.25, 0.3) is 0 Å². The lowest BCUT2D eigenvalue weighted by atomic mass is 10.1. The summed E-state index contributed by atoms with van der Waals surface area (Å²) in [5, 5.41) is 3.80. The Kier molecular flexibility index (Phi) is 8.34. The van der Waals surface area contributed by atoms with Crippen LogP contribution in [-0.4, -0.2) is 29.3 Å². The molecule has 150 valence electrons. The summed E-state index contributed by atoms with van der Waals surface area (Å²) in [5.41, 5.74) is 2.66. The van der Waals surface area contributed by atoms with Crippen molar-refractivity contribution in [3.8, 4) is 0 Å². The SMILES string of the molecule is CCCNC(=O)[C@@H](C)N(Cc1c(Cl)cccc1Cl)C(=O)Cc1ccc(C)cc1. The van der Waals surface area contributed by atoms with Crippen LogP contribution in [0.25, 0.3) is 0 Å². The van der Waals surface area contributed by atoms with Crippen molar-refractivity contribution in [2.75, 3.05) is 6.54 Å². The van der Waals surface area contributed by atoms with Crippen LogP contribution in [0.3, 0.4) is 0 Å². The highest BCUT2D eigenvalue weighted by Crippen LogP contribution is 2.26. The highest BCUT2D eigenvalue weighted by Gasteiger charge is 2.27.